The fraction of sp³-hybridized carbons (Fsp3) is 1.00. The van der Waals surface area contributed by atoms with Crippen molar-refractivity contribution in [3.63, 3.8) is 0 Å². The van der Waals surface area contributed by atoms with Crippen LogP contribution in [0.15, 0.2) is 0 Å². The number of hydrogen-bond donors (Lipinski definition) is 2. The summed E-state index contributed by atoms with van der Waals surface area (Å²) in [5.41, 5.74) is 0. The van der Waals surface area contributed by atoms with Crippen LogP contribution in [-0.2, 0) is 0 Å². The van der Waals surface area contributed by atoms with E-state index in [0.29, 0.717) is 12.6 Å². The molecule has 2 heterocycles. The van der Waals surface area contributed by atoms with Crippen LogP contribution < -0.4 is 5.32 Å². The van der Waals surface area contributed by atoms with Gasteiger partial charge in [0, 0.05) is 12.1 Å². The number of nitrogens with one attached hydrogen (secondary N) is 1. The van der Waals surface area contributed by atoms with Gasteiger partial charge in [0.15, 0.2) is 0 Å². The number of aliphatic hydroxyl groups is 1. The average Bonchev–Trinajstić information content (AvgIpc) is 2.06. The van der Waals surface area contributed by atoms with Crippen LogP contribution in [0, 0.1) is 5.92 Å². The van der Waals surface area contributed by atoms with Gasteiger partial charge in [0.25, 0.3) is 0 Å². The summed E-state index contributed by atoms with van der Waals surface area (Å²) >= 11 is 0. The van der Waals surface area contributed by atoms with Crippen LogP contribution in [0.3, 0.4) is 0 Å². The summed E-state index contributed by atoms with van der Waals surface area (Å²) in [5.74, 6) is 0.773. The van der Waals surface area contributed by atoms with Gasteiger partial charge in [-0.1, -0.05) is 0 Å². The molecule has 3 fully saturated rings. The first-order valence-corrected chi connectivity index (χ1v) is 4.27. The summed E-state index contributed by atoms with van der Waals surface area (Å²) in [6, 6.07) is 1.15. The Balaban J connectivity index is 2.01. The molecule has 3 aliphatic rings. The topological polar surface area (TPSA) is 32.3 Å². The molecule has 1 atom stereocenters. The number of rotatable bonds is 1. The second-order valence-electron chi connectivity index (χ2n) is 3.57. The Morgan fingerprint density at radius 1 is 1.20 bits per heavy atom. The Kier molecular flexibility index (Phi) is 1.66. The van der Waals surface area contributed by atoms with E-state index in [1.54, 1.807) is 0 Å². The maximum absolute atomic E-state index is 8.95. The van der Waals surface area contributed by atoms with Gasteiger partial charge in [-0.3, -0.25) is 0 Å². The van der Waals surface area contributed by atoms with E-state index in [0.717, 1.165) is 12.0 Å². The summed E-state index contributed by atoms with van der Waals surface area (Å²) in [6.07, 6.45) is 5.34. The summed E-state index contributed by atoms with van der Waals surface area (Å²) in [4.78, 5) is 0. The molecule has 3 rings (SSSR count). The second-order valence-corrected chi connectivity index (χ2v) is 3.57. The monoisotopic (exact) mass is 141 g/mol. The Hall–Kier alpha value is -0.0800. The third-order valence-corrected chi connectivity index (χ3v) is 2.99. The first-order valence-electron chi connectivity index (χ1n) is 4.27. The van der Waals surface area contributed by atoms with Crippen molar-refractivity contribution in [1.29, 1.82) is 0 Å². The zero-order chi connectivity index (χ0) is 6.97. The van der Waals surface area contributed by atoms with Crippen LogP contribution in [0.2, 0.25) is 0 Å². The highest BCUT2D eigenvalue weighted by atomic mass is 16.3. The van der Waals surface area contributed by atoms with Gasteiger partial charge in [0.1, 0.15) is 0 Å². The van der Waals surface area contributed by atoms with E-state index in [-0.39, 0.29) is 0 Å². The third-order valence-electron chi connectivity index (χ3n) is 2.99. The summed E-state index contributed by atoms with van der Waals surface area (Å²) in [5, 5.41) is 12.4. The molecule has 0 unspecified atom stereocenters. The maximum atomic E-state index is 8.95. The molecule has 10 heavy (non-hydrogen) atoms. The molecule has 58 valence electrons. The van der Waals surface area contributed by atoms with Gasteiger partial charge in [0.2, 0.25) is 0 Å². The maximum Gasteiger partial charge on any atom is 0.0587 e. The summed E-state index contributed by atoms with van der Waals surface area (Å²) < 4.78 is 0. The molecule has 2 heteroatoms. The molecule has 2 aliphatic heterocycles. The number of fused-ring (bicyclic) bond motifs is 3. The van der Waals surface area contributed by atoms with Crippen molar-refractivity contribution in [1.82, 2.24) is 5.32 Å². The Labute approximate surface area is 61.6 Å². The highest BCUT2D eigenvalue weighted by Gasteiger charge is 2.34. The lowest BCUT2D eigenvalue weighted by Crippen LogP contribution is -2.53. The lowest BCUT2D eigenvalue weighted by atomic mass is 9.77. The van der Waals surface area contributed by atoms with Gasteiger partial charge < -0.3 is 10.4 Å². The van der Waals surface area contributed by atoms with Crippen LogP contribution in [0.25, 0.3) is 0 Å². The fourth-order valence-corrected chi connectivity index (χ4v) is 2.33. The molecule has 0 aromatic carbocycles. The van der Waals surface area contributed by atoms with Gasteiger partial charge in [-0.2, -0.15) is 0 Å². The Morgan fingerprint density at radius 2 is 1.90 bits per heavy atom. The molecular weight excluding hydrogens is 126 g/mol. The van der Waals surface area contributed by atoms with Crippen molar-refractivity contribution < 1.29 is 5.11 Å². The molecule has 2 N–H and O–H groups in total. The van der Waals surface area contributed by atoms with Crippen LogP contribution in [0.4, 0.5) is 0 Å². The Morgan fingerprint density at radius 3 is 2.20 bits per heavy atom. The molecule has 1 saturated carbocycles. The van der Waals surface area contributed by atoms with Crippen LogP contribution in [0.1, 0.15) is 25.7 Å². The zero-order valence-corrected chi connectivity index (χ0v) is 6.21. The number of hydrogen-bond acceptors (Lipinski definition) is 2. The molecule has 0 radical (unpaired) electrons. The minimum absolute atomic E-state index is 0.334. The molecule has 0 aromatic rings. The fourth-order valence-electron chi connectivity index (χ4n) is 2.33. The van der Waals surface area contributed by atoms with E-state index in [4.69, 9.17) is 5.11 Å². The van der Waals surface area contributed by atoms with E-state index < -0.39 is 0 Å². The van der Waals surface area contributed by atoms with E-state index >= 15 is 0 Å². The summed E-state index contributed by atoms with van der Waals surface area (Å²) in [7, 11) is 0. The first-order chi connectivity index (χ1) is 4.90. The van der Waals surface area contributed by atoms with Gasteiger partial charge in [-0.25, -0.2) is 0 Å². The smallest absolute Gasteiger partial charge is 0.0587 e. The first kappa shape index (κ1) is 6.62. The minimum atomic E-state index is 0.334. The Bertz CT molecular complexity index is 118. The number of piperidine rings is 2. The molecule has 0 spiro atoms. The quantitative estimate of drug-likeness (QED) is 0.557. The lowest BCUT2D eigenvalue weighted by molar-refractivity contribution is 0.0978. The van der Waals surface area contributed by atoms with Gasteiger partial charge in [-0.05, 0) is 31.6 Å². The zero-order valence-electron chi connectivity index (χ0n) is 6.21. The molecular formula is C8H15NO. The SMILES string of the molecule is OC[C@H]1NC2CCC1CC2. The van der Waals surface area contributed by atoms with Crippen molar-refractivity contribution in [2.24, 2.45) is 5.92 Å². The van der Waals surface area contributed by atoms with Gasteiger partial charge in [0.05, 0.1) is 6.61 Å². The predicted molar refractivity (Wildman–Crippen MR) is 39.8 cm³/mol. The molecule has 2 bridgehead atoms. The summed E-state index contributed by atoms with van der Waals surface area (Å²) in [6.45, 7) is 0.334. The van der Waals surface area contributed by atoms with Crippen LogP contribution >= 0.6 is 0 Å². The lowest BCUT2D eigenvalue weighted by Gasteiger charge is -2.42. The van der Waals surface area contributed by atoms with Crippen molar-refractivity contribution in [3.8, 4) is 0 Å². The highest BCUT2D eigenvalue weighted by Crippen LogP contribution is 2.32. The minimum Gasteiger partial charge on any atom is -0.395 e. The van der Waals surface area contributed by atoms with Crippen LogP contribution in [-0.4, -0.2) is 23.8 Å². The molecule has 2 saturated heterocycles. The van der Waals surface area contributed by atoms with Gasteiger partial charge in [-0.15, -0.1) is 0 Å². The van der Waals surface area contributed by atoms with Crippen molar-refractivity contribution in [2.75, 3.05) is 6.61 Å². The van der Waals surface area contributed by atoms with Crippen molar-refractivity contribution in [3.05, 3.63) is 0 Å². The standard InChI is InChI=1S/C8H15NO/c10-5-8-6-1-3-7(9-8)4-2-6/h6-10H,1-5H2/t6?,7?,8-/m1/s1. The average molecular weight is 141 g/mol. The van der Waals surface area contributed by atoms with Crippen molar-refractivity contribution >= 4 is 0 Å². The highest BCUT2D eigenvalue weighted by molar-refractivity contribution is 4.92. The van der Waals surface area contributed by atoms with E-state index in [1.165, 1.54) is 25.7 Å². The van der Waals surface area contributed by atoms with Crippen LogP contribution in [0.5, 0.6) is 0 Å². The molecule has 1 aliphatic carbocycles. The third kappa shape index (κ3) is 0.956. The molecule has 0 amide bonds. The predicted octanol–water partition coefficient (Wildman–Crippen LogP) is 0.509. The van der Waals surface area contributed by atoms with Crippen molar-refractivity contribution in [2.45, 2.75) is 37.8 Å². The van der Waals surface area contributed by atoms with E-state index in [2.05, 4.69) is 5.32 Å². The molecule has 2 nitrogen and oxygen atoms in total. The number of aliphatic hydroxyl groups excluding tert-OH is 1. The molecule has 0 aromatic heterocycles. The van der Waals surface area contributed by atoms with Gasteiger partial charge >= 0.3 is 0 Å². The normalized spacial score (nSPS) is 45.9. The van der Waals surface area contributed by atoms with E-state index in [9.17, 15) is 0 Å². The second kappa shape index (κ2) is 2.51. The largest absolute Gasteiger partial charge is 0.395 e. The van der Waals surface area contributed by atoms with E-state index in [1.807, 2.05) is 0 Å².